The van der Waals surface area contributed by atoms with Crippen molar-refractivity contribution in [2.75, 3.05) is 27.2 Å². The summed E-state index contributed by atoms with van der Waals surface area (Å²) in [6.07, 6.45) is 6.77. The number of aromatic nitrogens is 1. The molecule has 0 amide bonds. The fourth-order valence-corrected chi connectivity index (χ4v) is 3.96. The fourth-order valence-electron chi connectivity index (χ4n) is 3.08. The molecule has 0 spiro atoms. The second-order valence-corrected chi connectivity index (χ2v) is 7.81. The third-order valence-electron chi connectivity index (χ3n) is 4.71. The van der Waals surface area contributed by atoms with E-state index in [1.54, 1.807) is 11.3 Å². The van der Waals surface area contributed by atoms with Gasteiger partial charge in [0.2, 0.25) is 0 Å². The summed E-state index contributed by atoms with van der Waals surface area (Å²) in [6, 6.07) is 1.83. The van der Waals surface area contributed by atoms with E-state index in [2.05, 4.69) is 49.7 Å². The number of hydrogen-bond acceptors (Lipinski definition) is 4. The van der Waals surface area contributed by atoms with Crippen molar-refractivity contribution in [2.24, 2.45) is 0 Å². The number of piperidine rings is 1. The third-order valence-corrected chi connectivity index (χ3v) is 5.92. The maximum atomic E-state index is 4.30. The van der Waals surface area contributed by atoms with Gasteiger partial charge >= 0.3 is 0 Å². The summed E-state index contributed by atoms with van der Waals surface area (Å²) in [5, 5.41) is 1.18. The highest BCUT2D eigenvalue weighted by Gasteiger charge is 2.32. The van der Waals surface area contributed by atoms with Gasteiger partial charge in [-0.15, -0.1) is 11.3 Å². The molecule has 0 radical (unpaired) electrons. The van der Waals surface area contributed by atoms with Crippen LogP contribution in [0, 0.1) is 13.8 Å². The van der Waals surface area contributed by atoms with E-state index in [0.717, 1.165) is 18.5 Å². The van der Waals surface area contributed by atoms with E-state index in [9.17, 15) is 0 Å². The summed E-state index contributed by atoms with van der Waals surface area (Å²) in [5.74, 6) is 0. The van der Waals surface area contributed by atoms with Crippen LogP contribution in [-0.4, -0.2) is 54.1 Å². The summed E-state index contributed by atoms with van der Waals surface area (Å²) >= 11 is 1.80. The van der Waals surface area contributed by atoms with Crippen LogP contribution in [-0.2, 0) is 6.42 Å². The normalized spacial score (nSPS) is 15.7. The molecule has 0 atom stereocenters. The average Bonchev–Trinajstić information content (AvgIpc) is 3.58. The molecule has 0 unspecified atom stereocenters. The first-order valence-electron chi connectivity index (χ1n) is 12.3. The number of nitrogens with zero attached hydrogens (tertiary/aromatic N) is 3. The molecule has 29 heavy (non-hydrogen) atoms. The third kappa shape index (κ3) is 15.1. The van der Waals surface area contributed by atoms with Gasteiger partial charge in [-0.3, -0.25) is 0 Å². The van der Waals surface area contributed by atoms with E-state index in [1.807, 2.05) is 55.4 Å². The molecule has 0 aromatic carbocycles. The van der Waals surface area contributed by atoms with Crippen molar-refractivity contribution in [1.29, 1.82) is 0 Å². The van der Waals surface area contributed by atoms with Gasteiger partial charge in [-0.05, 0) is 73.1 Å². The quantitative estimate of drug-likeness (QED) is 0.493. The van der Waals surface area contributed by atoms with Crippen LogP contribution < -0.4 is 0 Å². The van der Waals surface area contributed by atoms with Gasteiger partial charge in [0.15, 0.2) is 0 Å². The molecule has 1 aromatic heterocycles. The van der Waals surface area contributed by atoms with E-state index < -0.39 is 0 Å². The molecule has 1 aliphatic carbocycles. The second-order valence-electron chi connectivity index (χ2n) is 6.53. The molecule has 0 N–H and O–H groups in total. The van der Waals surface area contributed by atoms with Crippen LogP contribution in [0.25, 0.3) is 0 Å². The maximum Gasteiger partial charge on any atom is 0.0900 e. The maximum absolute atomic E-state index is 4.30. The molecular formula is C25H55N3S. The van der Waals surface area contributed by atoms with Crippen LogP contribution in [0.4, 0.5) is 0 Å². The molecule has 176 valence electrons. The van der Waals surface area contributed by atoms with Gasteiger partial charge in [-0.25, -0.2) is 4.98 Å². The number of rotatable bonds is 3. The van der Waals surface area contributed by atoms with Gasteiger partial charge in [-0.2, -0.15) is 0 Å². The van der Waals surface area contributed by atoms with Crippen molar-refractivity contribution in [1.82, 2.24) is 14.8 Å². The van der Waals surface area contributed by atoms with E-state index >= 15 is 0 Å². The fraction of sp³-hybridized carbons (Fsp3) is 0.880. The minimum Gasteiger partial charge on any atom is -0.306 e. The van der Waals surface area contributed by atoms with Crippen LogP contribution in [0.3, 0.4) is 0 Å². The smallest absolute Gasteiger partial charge is 0.0900 e. The summed E-state index contributed by atoms with van der Waals surface area (Å²) in [4.78, 5) is 10.8. The predicted molar refractivity (Wildman–Crippen MR) is 138 cm³/mol. The highest BCUT2D eigenvalue weighted by atomic mass is 32.1. The first-order valence-corrected chi connectivity index (χ1v) is 13.2. The van der Waals surface area contributed by atoms with E-state index in [0.29, 0.717) is 0 Å². The Labute approximate surface area is 189 Å². The van der Waals surface area contributed by atoms with Crippen LogP contribution in [0.1, 0.15) is 104 Å². The second kappa shape index (κ2) is 22.2. The monoisotopic (exact) mass is 429 g/mol. The van der Waals surface area contributed by atoms with Gasteiger partial charge in [-0.1, -0.05) is 62.3 Å². The Balaban J connectivity index is -0.000000354. The zero-order valence-electron chi connectivity index (χ0n) is 22.4. The van der Waals surface area contributed by atoms with Gasteiger partial charge in [0.1, 0.15) is 0 Å². The van der Waals surface area contributed by atoms with Crippen molar-refractivity contribution < 1.29 is 0 Å². The van der Waals surface area contributed by atoms with Crippen LogP contribution in [0.5, 0.6) is 0 Å². The Morgan fingerprint density at radius 1 is 0.862 bits per heavy atom. The minimum absolute atomic E-state index is 0.883. The first kappa shape index (κ1) is 33.2. The average molecular weight is 430 g/mol. The van der Waals surface area contributed by atoms with Crippen molar-refractivity contribution >= 4 is 11.3 Å². The standard InChI is InChI=1S/C10H20N2.C7H11NS.4C2H6/c1-11-7-5-10(6-8-11)12(2)9-3-4-9;1-4-7-5(2)8-6(3)9-7;4*1-2/h9-10H,3-8H2,1-2H3;4H2,1-3H3;4*1-2H3. The predicted octanol–water partition coefficient (Wildman–Crippen LogP) is 7.60. The SMILES string of the molecule is CC.CC.CC.CC.CCc1sc(C)nc1C.CN1CCC(N(C)C2CC2)CC1. The lowest BCUT2D eigenvalue weighted by molar-refractivity contribution is 0.138. The van der Waals surface area contributed by atoms with Crippen LogP contribution in [0.2, 0.25) is 0 Å². The molecule has 2 heterocycles. The van der Waals surface area contributed by atoms with Gasteiger partial charge < -0.3 is 9.80 Å². The molecule has 0 bridgehead atoms. The van der Waals surface area contributed by atoms with Crippen molar-refractivity contribution in [2.45, 2.75) is 120 Å². The van der Waals surface area contributed by atoms with Crippen LogP contribution in [0.15, 0.2) is 0 Å². The molecule has 1 saturated heterocycles. The summed E-state index contributed by atoms with van der Waals surface area (Å²) in [6.45, 7) is 24.9. The summed E-state index contributed by atoms with van der Waals surface area (Å²) in [7, 11) is 4.54. The van der Waals surface area contributed by atoms with Gasteiger partial charge in [0.05, 0.1) is 10.7 Å². The summed E-state index contributed by atoms with van der Waals surface area (Å²) in [5.41, 5.74) is 1.21. The lowest BCUT2D eigenvalue weighted by Crippen LogP contribution is -2.42. The molecular weight excluding hydrogens is 374 g/mol. The molecule has 4 heteroatoms. The molecule has 1 saturated carbocycles. The zero-order valence-corrected chi connectivity index (χ0v) is 23.2. The Morgan fingerprint density at radius 3 is 1.55 bits per heavy atom. The Morgan fingerprint density at radius 2 is 1.28 bits per heavy atom. The van der Waals surface area contributed by atoms with Crippen molar-refractivity contribution in [3.8, 4) is 0 Å². The zero-order chi connectivity index (χ0) is 23.4. The van der Waals surface area contributed by atoms with E-state index in [-0.39, 0.29) is 0 Å². The molecule has 1 aliphatic heterocycles. The van der Waals surface area contributed by atoms with Gasteiger partial charge in [0, 0.05) is 17.0 Å². The van der Waals surface area contributed by atoms with Crippen molar-refractivity contribution in [3.05, 3.63) is 15.6 Å². The molecule has 2 fully saturated rings. The molecule has 2 aliphatic rings. The Kier molecular flexibility index (Phi) is 25.5. The Hall–Kier alpha value is -0.450. The molecule has 1 aromatic rings. The van der Waals surface area contributed by atoms with Crippen LogP contribution >= 0.6 is 11.3 Å². The lowest BCUT2D eigenvalue weighted by Gasteiger charge is -2.35. The summed E-state index contributed by atoms with van der Waals surface area (Å²) < 4.78 is 0. The van der Waals surface area contributed by atoms with Crippen molar-refractivity contribution in [3.63, 3.8) is 0 Å². The topological polar surface area (TPSA) is 19.4 Å². The van der Waals surface area contributed by atoms with E-state index in [1.165, 1.54) is 54.4 Å². The number of likely N-dealkylation sites (tertiary alicyclic amines) is 1. The molecule has 3 rings (SSSR count). The highest BCUT2D eigenvalue weighted by molar-refractivity contribution is 7.11. The highest BCUT2D eigenvalue weighted by Crippen LogP contribution is 2.29. The lowest BCUT2D eigenvalue weighted by atomic mass is 10.0. The van der Waals surface area contributed by atoms with E-state index in [4.69, 9.17) is 0 Å². The minimum atomic E-state index is 0.883. The first-order chi connectivity index (χ1) is 14.0. The van der Waals surface area contributed by atoms with Gasteiger partial charge in [0.25, 0.3) is 0 Å². The number of aryl methyl sites for hydroxylation is 3. The Bertz CT molecular complexity index is 433. The number of thiazole rings is 1. The largest absolute Gasteiger partial charge is 0.306 e. The molecule has 3 nitrogen and oxygen atoms in total. The number of hydrogen-bond donors (Lipinski definition) is 0.